The molecule has 0 N–H and O–H groups in total. The lowest BCUT2D eigenvalue weighted by Gasteiger charge is -2.12. The highest BCUT2D eigenvalue weighted by Gasteiger charge is 2.15. The van der Waals surface area contributed by atoms with Gasteiger partial charge >= 0.3 is 0 Å². The summed E-state index contributed by atoms with van der Waals surface area (Å²) in [7, 11) is 1.67. The third kappa shape index (κ3) is 1.97. The summed E-state index contributed by atoms with van der Waals surface area (Å²) in [5, 5.41) is 1.08. The molecule has 0 unspecified atom stereocenters. The van der Waals surface area contributed by atoms with E-state index in [9.17, 15) is 0 Å². The number of hydrogen-bond acceptors (Lipinski definition) is 3. The first kappa shape index (κ1) is 12.7. The Morgan fingerprint density at radius 3 is 2.77 bits per heavy atom. The molecule has 2 aromatic carbocycles. The summed E-state index contributed by atoms with van der Waals surface area (Å²) >= 11 is 0. The number of nitrogens with zero attached hydrogens (tertiary/aromatic N) is 2. The van der Waals surface area contributed by atoms with Gasteiger partial charge in [-0.25, -0.2) is 4.98 Å². The first-order valence-electron chi connectivity index (χ1n) is 7.01. The molecule has 4 heteroatoms. The number of furan rings is 1. The van der Waals surface area contributed by atoms with Gasteiger partial charge in [0.25, 0.3) is 0 Å². The molecule has 0 spiro atoms. The molecule has 4 nitrogen and oxygen atoms in total. The van der Waals surface area contributed by atoms with Gasteiger partial charge in [-0.05, 0) is 24.3 Å². The molecule has 22 heavy (non-hydrogen) atoms. The van der Waals surface area contributed by atoms with Crippen molar-refractivity contribution in [3.63, 3.8) is 0 Å². The molecule has 0 fully saturated rings. The van der Waals surface area contributed by atoms with Crippen molar-refractivity contribution in [1.82, 2.24) is 9.55 Å². The van der Waals surface area contributed by atoms with E-state index >= 15 is 0 Å². The minimum Gasteiger partial charge on any atom is -0.494 e. The van der Waals surface area contributed by atoms with Crippen LogP contribution >= 0.6 is 0 Å². The van der Waals surface area contributed by atoms with Crippen LogP contribution in [0.25, 0.3) is 28.0 Å². The van der Waals surface area contributed by atoms with Gasteiger partial charge in [0.2, 0.25) is 0 Å². The molecule has 0 saturated heterocycles. The van der Waals surface area contributed by atoms with E-state index in [1.807, 2.05) is 59.3 Å². The van der Waals surface area contributed by atoms with Gasteiger partial charge in [-0.2, -0.15) is 0 Å². The molecule has 0 aliphatic carbocycles. The fraction of sp³-hybridized carbons (Fsp3) is 0.0556. The quantitative estimate of drug-likeness (QED) is 0.565. The van der Waals surface area contributed by atoms with Crippen molar-refractivity contribution in [1.29, 1.82) is 0 Å². The van der Waals surface area contributed by atoms with Gasteiger partial charge in [0, 0.05) is 17.8 Å². The van der Waals surface area contributed by atoms with Crippen molar-refractivity contribution in [2.24, 2.45) is 0 Å². The summed E-state index contributed by atoms with van der Waals surface area (Å²) < 4.78 is 13.5. The SMILES string of the molecule is COc1c(-c2cc3ccccc3o2)cccc1-n1ccnc1. The van der Waals surface area contributed by atoms with E-state index in [0.29, 0.717) is 0 Å². The summed E-state index contributed by atoms with van der Waals surface area (Å²) in [5.74, 6) is 1.56. The van der Waals surface area contributed by atoms with Crippen molar-refractivity contribution < 1.29 is 9.15 Å². The van der Waals surface area contributed by atoms with Gasteiger partial charge in [-0.1, -0.05) is 24.3 Å². The summed E-state index contributed by atoms with van der Waals surface area (Å²) in [6.45, 7) is 0. The smallest absolute Gasteiger partial charge is 0.153 e. The highest BCUT2D eigenvalue weighted by molar-refractivity contribution is 5.85. The number of imidazole rings is 1. The van der Waals surface area contributed by atoms with Crippen LogP contribution in [0.3, 0.4) is 0 Å². The van der Waals surface area contributed by atoms with Crippen LogP contribution in [0.15, 0.2) is 71.7 Å². The molecule has 0 aliphatic rings. The molecule has 0 amide bonds. The van der Waals surface area contributed by atoms with Crippen LogP contribution in [-0.4, -0.2) is 16.7 Å². The topological polar surface area (TPSA) is 40.2 Å². The number of para-hydroxylation sites is 2. The lowest BCUT2D eigenvalue weighted by atomic mass is 10.1. The molecule has 0 saturated carbocycles. The number of hydrogen-bond donors (Lipinski definition) is 0. The second-order valence-corrected chi connectivity index (χ2v) is 4.98. The number of methoxy groups -OCH3 is 1. The maximum absolute atomic E-state index is 5.96. The highest BCUT2D eigenvalue weighted by Crippen LogP contribution is 2.37. The maximum Gasteiger partial charge on any atom is 0.153 e. The van der Waals surface area contributed by atoms with Crippen molar-refractivity contribution in [3.05, 3.63) is 67.3 Å². The Hall–Kier alpha value is -3.01. The standard InChI is InChI=1S/C18H14N2O2/c1-21-18-14(6-4-7-15(18)20-10-9-19-12-20)17-11-13-5-2-3-8-16(13)22-17/h2-12H,1H3. The largest absolute Gasteiger partial charge is 0.494 e. The van der Waals surface area contributed by atoms with E-state index in [1.54, 1.807) is 19.6 Å². The summed E-state index contributed by atoms with van der Waals surface area (Å²) in [6.07, 6.45) is 5.38. The van der Waals surface area contributed by atoms with Gasteiger partial charge in [0.1, 0.15) is 11.3 Å². The molecule has 4 rings (SSSR count). The van der Waals surface area contributed by atoms with Gasteiger partial charge in [-0.15, -0.1) is 0 Å². The fourth-order valence-corrected chi connectivity index (χ4v) is 2.65. The Labute approximate surface area is 127 Å². The Bertz CT molecular complexity index is 890. The van der Waals surface area contributed by atoms with Crippen molar-refractivity contribution >= 4 is 11.0 Å². The Morgan fingerprint density at radius 2 is 2.00 bits per heavy atom. The first-order chi connectivity index (χ1) is 10.9. The van der Waals surface area contributed by atoms with Crippen LogP contribution in [0.1, 0.15) is 0 Å². The average molecular weight is 290 g/mol. The van der Waals surface area contributed by atoms with E-state index in [-0.39, 0.29) is 0 Å². The zero-order valence-corrected chi connectivity index (χ0v) is 12.1. The van der Waals surface area contributed by atoms with Crippen molar-refractivity contribution in [2.75, 3.05) is 7.11 Å². The third-order valence-corrected chi connectivity index (χ3v) is 3.67. The Kier molecular flexibility index (Phi) is 2.93. The fourth-order valence-electron chi connectivity index (χ4n) is 2.65. The number of fused-ring (bicyclic) bond motifs is 1. The van der Waals surface area contributed by atoms with Gasteiger partial charge in [-0.3, -0.25) is 0 Å². The predicted molar refractivity (Wildman–Crippen MR) is 85.3 cm³/mol. The van der Waals surface area contributed by atoms with E-state index in [1.165, 1.54) is 0 Å². The van der Waals surface area contributed by atoms with Crippen LogP contribution in [0.5, 0.6) is 5.75 Å². The van der Waals surface area contributed by atoms with Crippen LogP contribution in [0.4, 0.5) is 0 Å². The lowest BCUT2D eigenvalue weighted by Crippen LogP contribution is -1.97. The number of aromatic nitrogens is 2. The summed E-state index contributed by atoms with van der Waals surface area (Å²) in [4.78, 5) is 4.10. The molecule has 4 aromatic rings. The summed E-state index contributed by atoms with van der Waals surface area (Å²) in [6, 6.07) is 16.0. The second-order valence-electron chi connectivity index (χ2n) is 4.98. The molecule has 0 atom stereocenters. The molecule has 0 bridgehead atoms. The molecule has 2 heterocycles. The molecule has 108 valence electrons. The van der Waals surface area contributed by atoms with Crippen molar-refractivity contribution in [3.8, 4) is 22.8 Å². The lowest BCUT2D eigenvalue weighted by molar-refractivity contribution is 0.413. The minimum absolute atomic E-state index is 0.763. The number of ether oxygens (including phenoxy) is 1. The van der Waals surface area contributed by atoms with Crippen LogP contribution in [0.2, 0.25) is 0 Å². The zero-order chi connectivity index (χ0) is 14.9. The predicted octanol–water partition coefficient (Wildman–Crippen LogP) is 4.29. The van der Waals surface area contributed by atoms with E-state index in [0.717, 1.165) is 33.7 Å². The molecule has 0 aliphatic heterocycles. The molecular weight excluding hydrogens is 276 g/mol. The second kappa shape index (κ2) is 5.07. The number of benzene rings is 2. The van der Waals surface area contributed by atoms with Gasteiger partial charge < -0.3 is 13.7 Å². The van der Waals surface area contributed by atoms with Crippen LogP contribution in [0, 0.1) is 0 Å². The molecule has 0 radical (unpaired) electrons. The monoisotopic (exact) mass is 290 g/mol. The highest BCUT2D eigenvalue weighted by atomic mass is 16.5. The molecule has 2 aromatic heterocycles. The van der Waals surface area contributed by atoms with Crippen LogP contribution < -0.4 is 4.74 Å². The molecular formula is C18H14N2O2. The van der Waals surface area contributed by atoms with Crippen molar-refractivity contribution in [2.45, 2.75) is 0 Å². The minimum atomic E-state index is 0.763. The Morgan fingerprint density at radius 1 is 1.09 bits per heavy atom. The average Bonchev–Trinajstić information content (AvgIpc) is 3.23. The van der Waals surface area contributed by atoms with E-state index in [4.69, 9.17) is 9.15 Å². The summed E-state index contributed by atoms with van der Waals surface area (Å²) in [5.41, 5.74) is 2.72. The maximum atomic E-state index is 5.96. The normalized spacial score (nSPS) is 11.0. The van der Waals surface area contributed by atoms with E-state index in [2.05, 4.69) is 4.98 Å². The Balaban J connectivity index is 1.93. The van der Waals surface area contributed by atoms with Crippen LogP contribution in [-0.2, 0) is 0 Å². The third-order valence-electron chi connectivity index (χ3n) is 3.67. The first-order valence-corrected chi connectivity index (χ1v) is 7.01. The zero-order valence-electron chi connectivity index (χ0n) is 12.1. The number of rotatable bonds is 3. The van der Waals surface area contributed by atoms with Gasteiger partial charge in [0.05, 0.1) is 24.7 Å². The van der Waals surface area contributed by atoms with E-state index < -0.39 is 0 Å². The van der Waals surface area contributed by atoms with Gasteiger partial charge in [0.15, 0.2) is 5.75 Å².